The van der Waals surface area contributed by atoms with Gasteiger partial charge < -0.3 is 42.5 Å². The van der Waals surface area contributed by atoms with Gasteiger partial charge in [-0.2, -0.15) is 0 Å². The number of aryl methyl sites for hydroxylation is 3. The number of aliphatic carboxylic acids is 1. The second-order valence-corrected chi connectivity index (χ2v) is 18.4. The maximum atomic E-state index is 13.0. The number of rotatable bonds is 13. The molecule has 0 aliphatic carbocycles. The van der Waals surface area contributed by atoms with Crippen molar-refractivity contribution < 1.29 is 43.2 Å². The van der Waals surface area contributed by atoms with E-state index in [2.05, 4.69) is 0 Å². The third kappa shape index (κ3) is 11.3. The number of fused-ring (bicyclic) bond motifs is 6. The van der Waals surface area contributed by atoms with Crippen LogP contribution in [0.2, 0.25) is 15.1 Å². The monoisotopic (exact) mass is 1080 g/mol. The Labute approximate surface area is 445 Å². The van der Waals surface area contributed by atoms with Crippen molar-refractivity contribution in [3.05, 3.63) is 153 Å². The molecule has 9 rings (SSSR count). The zero-order valence-electron chi connectivity index (χ0n) is 42.5. The van der Waals surface area contributed by atoms with Crippen LogP contribution in [0.25, 0.3) is 65.4 Å². The summed E-state index contributed by atoms with van der Waals surface area (Å²) >= 11 is 18.9. The molecule has 0 amide bonds. The van der Waals surface area contributed by atoms with Gasteiger partial charge in [-0.15, -0.1) is 0 Å². The van der Waals surface area contributed by atoms with Crippen molar-refractivity contribution in [3.63, 3.8) is 0 Å². The minimum absolute atomic E-state index is 0.0367. The van der Waals surface area contributed by atoms with E-state index < -0.39 is 11.9 Å². The Bertz CT molecular complexity index is 3920. The second kappa shape index (κ2) is 23.7. The Morgan fingerprint density at radius 2 is 0.760 bits per heavy atom. The molecule has 18 heteroatoms. The summed E-state index contributed by atoms with van der Waals surface area (Å²) in [6.45, 7) is 14.0. The zero-order chi connectivity index (χ0) is 54.4. The molecule has 0 spiro atoms. The van der Waals surface area contributed by atoms with Crippen LogP contribution in [0.15, 0.2) is 105 Å². The number of aromatic nitrogens is 3. The van der Waals surface area contributed by atoms with Gasteiger partial charge in [0, 0.05) is 16.2 Å². The highest BCUT2D eigenvalue weighted by Gasteiger charge is 2.23. The molecule has 9 aromatic rings. The molecule has 3 aromatic heterocycles. The number of methoxy groups -OCH3 is 1. The van der Waals surface area contributed by atoms with Gasteiger partial charge in [0.2, 0.25) is 0 Å². The lowest BCUT2D eigenvalue weighted by atomic mass is 10.1. The largest absolute Gasteiger partial charge is 0.490 e. The van der Waals surface area contributed by atoms with Crippen molar-refractivity contribution in [3.8, 4) is 17.2 Å². The van der Waals surface area contributed by atoms with E-state index in [0.29, 0.717) is 118 Å². The lowest BCUT2D eigenvalue weighted by Crippen LogP contribution is -2.19. The Morgan fingerprint density at radius 1 is 0.453 bits per heavy atom. The number of hydrogen-bond donors (Lipinski definition) is 1. The molecule has 0 aliphatic heterocycles. The van der Waals surface area contributed by atoms with Gasteiger partial charge in [0.15, 0.2) is 33.5 Å². The predicted octanol–water partition coefficient (Wildman–Crippen LogP) is 11.4. The van der Waals surface area contributed by atoms with E-state index in [-0.39, 0.29) is 48.5 Å². The zero-order valence-corrected chi connectivity index (χ0v) is 44.8. The maximum absolute atomic E-state index is 13.0. The number of carboxylic acids is 1. The van der Waals surface area contributed by atoms with Gasteiger partial charge in [-0.05, 0) is 138 Å². The van der Waals surface area contributed by atoms with Crippen LogP contribution in [0.5, 0.6) is 17.2 Å². The third-order valence-corrected chi connectivity index (χ3v) is 13.0. The number of carbonyl (C=O) groups excluding carboxylic acids is 2. The number of benzene rings is 6. The van der Waals surface area contributed by atoms with Gasteiger partial charge in [-0.3, -0.25) is 28.8 Å². The molecule has 390 valence electrons. The molecule has 0 atom stereocenters. The first kappa shape index (κ1) is 55.2. The van der Waals surface area contributed by atoms with E-state index in [4.69, 9.17) is 58.5 Å². The summed E-state index contributed by atoms with van der Waals surface area (Å²) in [4.78, 5) is 74.4. The van der Waals surface area contributed by atoms with Gasteiger partial charge >= 0.3 is 17.9 Å². The van der Waals surface area contributed by atoms with Crippen molar-refractivity contribution in [2.45, 2.75) is 68.1 Å². The van der Waals surface area contributed by atoms with Crippen molar-refractivity contribution >= 4 is 118 Å². The maximum Gasteiger partial charge on any atom is 0.325 e. The summed E-state index contributed by atoms with van der Waals surface area (Å²) in [6.07, 6.45) is 0. The van der Waals surface area contributed by atoms with Crippen molar-refractivity contribution in [2.75, 3.05) is 33.5 Å². The molecule has 0 bridgehead atoms. The minimum atomic E-state index is -1.01. The van der Waals surface area contributed by atoms with Crippen LogP contribution in [-0.2, 0) is 43.5 Å². The summed E-state index contributed by atoms with van der Waals surface area (Å²) in [6, 6.07) is 26.2. The van der Waals surface area contributed by atoms with Gasteiger partial charge in [0.25, 0.3) is 0 Å². The topological polar surface area (TPSA) is 184 Å². The molecule has 6 aromatic carbocycles. The van der Waals surface area contributed by atoms with E-state index in [1.807, 2.05) is 65.0 Å². The van der Waals surface area contributed by atoms with Crippen LogP contribution in [-0.4, -0.2) is 70.3 Å². The van der Waals surface area contributed by atoms with E-state index in [9.17, 15) is 33.9 Å². The van der Waals surface area contributed by atoms with Gasteiger partial charge in [-0.25, -0.2) is 0 Å². The fourth-order valence-corrected chi connectivity index (χ4v) is 9.58. The molecule has 0 saturated heterocycles. The Hall–Kier alpha value is -7.59. The van der Waals surface area contributed by atoms with Crippen LogP contribution in [0, 0.1) is 20.8 Å². The van der Waals surface area contributed by atoms with Crippen molar-refractivity contribution in [1.29, 1.82) is 0 Å². The number of nitrogens with zero attached hydrogens (tertiary/aromatic N) is 3. The van der Waals surface area contributed by atoms with Crippen molar-refractivity contribution in [1.82, 2.24) is 13.7 Å². The van der Waals surface area contributed by atoms with E-state index in [1.54, 1.807) is 88.2 Å². The molecule has 0 unspecified atom stereocenters. The molecular weight excluding hydrogens is 1020 g/mol. The van der Waals surface area contributed by atoms with Crippen LogP contribution < -0.4 is 30.5 Å². The van der Waals surface area contributed by atoms with E-state index in [0.717, 1.165) is 16.7 Å². The smallest absolute Gasteiger partial charge is 0.325 e. The quantitative estimate of drug-likeness (QED) is 0.0853. The molecular formula is C57H54Cl3N3O12. The number of pyridine rings is 3. The standard InChI is InChI=1S/C20H20ClNO4.C19H18ClNO4.C18H16ClNO4/c1-4-25-17(23)11-22-16-10-12(3)6-7-13(16)19(24)14-8-9-15(21)20(18(14)22)26-5-2;1-4-25-19-14(20)8-7-13-17(19)21(10-16(22)24-3)15-9-11(2)5-6-12(15)18(13)23;1-3-24-18-13(19)7-6-12-16(18)20(9-15(21)22)14-8-10(2)4-5-11(14)17(12)23/h6-10H,4-5,11H2,1-3H3;5-9H,4,10H2,1-3H3;4-8H,3,9H2,1-2H3,(H,21,22). The number of carboxylic acid groups (broad SMARTS) is 1. The molecule has 0 saturated carbocycles. The first-order valence-corrected chi connectivity index (χ1v) is 25.1. The number of carbonyl (C=O) groups is 3. The molecule has 0 radical (unpaired) electrons. The lowest BCUT2D eigenvalue weighted by molar-refractivity contribution is -0.144. The summed E-state index contributed by atoms with van der Waals surface area (Å²) in [5.41, 5.74) is 5.76. The fraction of sp³-hybridized carbons (Fsp3) is 0.263. The van der Waals surface area contributed by atoms with Gasteiger partial charge in [-0.1, -0.05) is 53.0 Å². The number of hydrogen-bond acceptors (Lipinski definition) is 11. The SMILES string of the molecule is CCOC(=O)Cn1c2cc(C)ccc2c(=O)c2ccc(Cl)c(OCC)c21.CCOc1c(Cl)ccc2c(=O)c3ccc(C)cc3n(CC(=O)O)c12.CCOc1c(Cl)ccc2c(=O)c3ccc(C)cc3n(CC(=O)OC)c12. The highest BCUT2D eigenvalue weighted by atomic mass is 35.5. The molecule has 75 heavy (non-hydrogen) atoms. The van der Waals surface area contributed by atoms with Crippen LogP contribution in [0.3, 0.4) is 0 Å². The fourth-order valence-electron chi connectivity index (χ4n) is 8.96. The number of esters is 2. The molecule has 1 N–H and O–H groups in total. The average Bonchev–Trinajstić information content (AvgIpc) is 3.39. The van der Waals surface area contributed by atoms with Crippen molar-refractivity contribution in [2.24, 2.45) is 0 Å². The molecule has 0 fully saturated rings. The third-order valence-electron chi connectivity index (χ3n) is 12.1. The summed E-state index contributed by atoms with van der Waals surface area (Å²) in [5.74, 6) is -0.691. The van der Waals surface area contributed by atoms with Crippen LogP contribution >= 0.6 is 34.8 Å². The van der Waals surface area contributed by atoms with Gasteiger partial charge in [0.1, 0.15) is 19.6 Å². The number of ether oxygens (including phenoxy) is 5. The molecule has 0 aliphatic rings. The number of halogens is 3. The molecule has 15 nitrogen and oxygen atoms in total. The summed E-state index contributed by atoms with van der Waals surface area (Å²) < 4.78 is 32.1. The van der Waals surface area contributed by atoms with Crippen LogP contribution in [0.4, 0.5) is 0 Å². The van der Waals surface area contributed by atoms with E-state index in [1.165, 1.54) is 7.11 Å². The average molecular weight is 1080 g/mol. The highest BCUT2D eigenvalue weighted by molar-refractivity contribution is 6.34. The Kier molecular flexibility index (Phi) is 17.5. The predicted molar refractivity (Wildman–Crippen MR) is 296 cm³/mol. The van der Waals surface area contributed by atoms with Crippen LogP contribution in [0.1, 0.15) is 44.4 Å². The highest BCUT2D eigenvalue weighted by Crippen LogP contribution is 2.37. The summed E-state index contributed by atoms with van der Waals surface area (Å²) in [7, 11) is 1.33. The Morgan fingerprint density at radius 3 is 1.05 bits per heavy atom. The normalized spacial score (nSPS) is 11.1. The second-order valence-electron chi connectivity index (χ2n) is 17.2. The van der Waals surface area contributed by atoms with E-state index >= 15 is 0 Å². The minimum Gasteiger partial charge on any atom is -0.490 e. The Balaban J connectivity index is 0.000000164. The first-order chi connectivity index (χ1) is 35.9. The first-order valence-electron chi connectivity index (χ1n) is 24.0. The molecule has 3 heterocycles. The summed E-state index contributed by atoms with van der Waals surface area (Å²) in [5, 5.41) is 13.3. The lowest BCUT2D eigenvalue weighted by Gasteiger charge is -2.18. The van der Waals surface area contributed by atoms with Gasteiger partial charge in [0.05, 0.1) is 97.9 Å².